The van der Waals surface area contributed by atoms with Gasteiger partial charge in [0.05, 0.1) is 17.4 Å². The van der Waals surface area contributed by atoms with E-state index in [2.05, 4.69) is 20.8 Å². The Morgan fingerprint density at radius 3 is 2.55 bits per heavy atom. The summed E-state index contributed by atoms with van der Waals surface area (Å²) in [5.41, 5.74) is -0.731. The molecule has 0 spiro atoms. The Labute approximate surface area is 197 Å². The van der Waals surface area contributed by atoms with Gasteiger partial charge in [-0.15, -0.1) is 0 Å². The molecule has 0 aromatic carbocycles. The fraction of sp³-hybridized carbons (Fsp3) is 0.786. The highest BCUT2D eigenvalue weighted by atomic mass is 16.6. The summed E-state index contributed by atoms with van der Waals surface area (Å²) in [6.07, 6.45) is 9.54. The minimum atomic E-state index is -1.12. The Hall–Kier alpha value is -1.46. The van der Waals surface area contributed by atoms with Crippen molar-refractivity contribution >= 4 is 11.8 Å². The molecule has 5 rings (SSSR count). The zero-order valence-corrected chi connectivity index (χ0v) is 20.7. The number of allylic oxidation sites excluding steroid dienone is 3. The van der Waals surface area contributed by atoms with Crippen LogP contribution in [0.3, 0.4) is 0 Å². The molecule has 2 N–H and O–H groups in total. The van der Waals surface area contributed by atoms with Crippen molar-refractivity contribution in [1.29, 1.82) is 0 Å². The average molecular weight is 457 g/mol. The van der Waals surface area contributed by atoms with Gasteiger partial charge in [-0.1, -0.05) is 38.5 Å². The number of fused-ring (bicyclic) bond motifs is 5. The summed E-state index contributed by atoms with van der Waals surface area (Å²) in [7, 11) is 0. The molecule has 1 saturated heterocycles. The van der Waals surface area contributed by atoms with Crippen molar-refractivity contribution in [3.8, 4) is 0 Å². The first kappa shape index (κ1) is 23.3. The van der Waals surface area contributed by atoms with Gasteiger partial charge in [-0.25, -0.2) is 0 Å². The third-order valence-corrected chi connectivity index (χ3v) is 11.1. The van der Waals surface area contributed by atoms with Crippen LogP contribution in [0.2, 0.25) is 0 Å². The lowest BCUT2D eigenvalue weighted by atomic mass is 9.46. The number of cyclic esters (lactones) is 1. The summed E-state index contributed by atoms with van der Waals surface area (Å²) in [6, 6.07) is 0. The van der Waals surface area contributed by atoms with Crippen LogP contribution in [0.4, 0.5) is 0 Å². The summed E-state index contributed by atoms with van der Waals surface area (Å²) in [5.74, 6) is 0.358. The molecule has 0 unspecified atom stereocenters. The van der Waals surface area contributed by atoms with Gasteiger partial charge in [-0.2, -0.15) is 0 Å². The van der Waals surface area contributed by atoms with E-state index in [1.807, 2.05) is 26.0 Å². The first-order valence-corrected chi connectivity index (χ1v) is 13.0. The number of ether oxygens (including phenoxy) is 1. The van der Waals surface area contributed by atoms with Crippen molar-refractivity contribution in [2.24, 2.45) is 46.3 Å². The van der Waals surface area contributed by atoms with Gasteiger partial charge < -0.3 is 14.9 Å². The number of hydrogen-bond acceptors (Lipinski definition) is 5. The van der Waals surface area contributed by atoms with Gasteiger partial charge in [-0.3, -0.25) is 9.59 Å². The van der Waals surface area contributed by atoms with E-state index in [1.54, 1.807) is 6.08 Å². The van der Waals surface area contributed by atoms with E-state index in [9.17, 15) is 19.8 Å². The van der Waals surface area contributed by atoms with Crippen LogP contribution in [0.25, 0.3) is 0 Å². The van der Waals surface area contributed by atoms with Crippen LogP contribution in [0.1, 0.15) is 73.1 Å². The molecule has 4 aliphatic carbocycles. The lowest BCUT2D eigenvalue weighted by molar-refractivity contribution is -0.202. The first-order chi connectivity index (χ1) is 15.4. The second kappa shape index (κ2) is 7.52. The van der Waals surface area contributed by atoms with E-state index in [4.69, 9.17) is 4.74 Å². The van der Waals surface area contributed by atoms with Crippen LogP contribution in [-0.4, -0.2) is 39.8 Å². The number of carbonyl (C=O) groups excluding carboxylic acids is 2. The molecule has 1 aliphatic heterocycles. The topological polar surface area (TPSA) is 83.8 Å². The Kier molecular flexibility index (Phi) is 5.31. The molecular weight excluding hydrogens is 416 g/mol. The molecule has 0 aromatic heterocycles. The Morgan fingerprint density at radius 1 is 1.12 bits per heavy atom. The van der Waals surface area contributed by atoms with Gasteiger partial charge >= 0.3 is 5.97 Å². The number of rotatable bonds is 2. The molecule has 0 amide bonds. The van der Waals surface area contributed by atoms with Gasteiger partial charge in [-0.05, 0) is 93.5 Å². The van der Waals surface area contributed by atoms with Gasteiger partial charge in [0, 0.05) is 0 Å². The fourth-order valence-electron chi connectivity index (χ4n) is 8.77. The van der Waals surface area contributed by atoms with Crippen LogP contribution in [0, 0.1) is 46.3 Å². The quantitative estimate of drug-likeness (QED) is 0.480. The van der Waals surface area contributed by atoms with Gasteiger partial charge in [0.1, 0.15) is 11.7 Å². The van der Waals surface area contributed by atoms with Gasteiger partial charge in [0.15, 0.2) is 5.78 Å². The molecular formula is C28H40O5. The standard InChI is InChI=1S/C28H40O5/c1-15-13-23(33-25(31)16(15)2)28(5,32)21-10-9-18-24-19(11-12-26(18,21)3)27(4)17(14-20(24)29)7-6-8-22(27)30/h6,8,14-16,18-21,23-24,29,32H,7,9-13H2,1-5H3/t15-,16+,18-,19-,20+,21-,23+,24-,26-,27-,28+/m0/s1. The van der Waals surface area contributed by atoms with Crippen molar-refractivity contribution in [2.45, 2.75) is 91.0 Å². The van der Waals surface area contributed by atoms with Crippen molar-refractivity contribution in [3.05, 3.63) is 23.8 Å². The third-order valence-electron chi connectivity index (χ3n) is 11.1. The number of carbonyl (C=O) groups is 2. The summed E-state index contributed by atoms with van der Waals surface area (Å²) >= 11 is 0. The number of aliphatic hydroxyl groups is 2. The SMILES string of the molecule is C[C@H]1C[C@H]([C@](C)(O)[C@H]2CC[C@H]3[C@@H]4[C@H](O)C=C5CC=CC(=O)[C@]5(C)[C@H]4CC[C@]23C)OC(=O)[C@@H]1C. The van der Waals surface area contributed by atoms with E-state index < -0.39 is 23.2 Å². The molecule has 33 heavy (non-hydrogen) atoms. The van der Waals surface area contributed by atoms with Crippen LogP contribution < -0.4 is 0 Å². The monoisotopic (exact) mass is 456 g/mol. The van der Waals surface area contributed by atoms with Gasteiger partial charge in [0.25, 0.3) is 0 Å². The molecule has 0 radical (unpaired) electrons. The first-order valence-electron chi connectivity index (χ1n) is 13.0. The molecule has 182 valence electrons. The zero-order chi connectivity index (χ0) is 23.9. The average Bonchev–Trinajstić information content (AvgIpc) is 3.11. The van der Waals surface area contributed by atoms with Crippen molar-refractivity contribution < 1.29 is 24.5 Å². The molecule has 5 aliphatic rings. The maximum atomic E-state index is 13.1. The molecule has 5 heteroatoms. The molecule has 0 bridgehead atoms. The number of ketones is 1. The maximum Gasteiger partial charge on any atom is 0.309 e. The maximum absolute atomic E-state index is 13.1. The number of esters is 1. The third kappa shape index (κ3) is 3.10. The molecule has 2 saturated carbocycles. The molecule has 1 heterocycles. The Morgan fingerprint density at radius 2 is 1.85 bits per heavy atom. The lowest BCUT2D eigenvalue weighted by Gasteiger charge is -2.58. The summed E-state index contributed by atoms with van der Waals surface area (Å²) in [6.45, 7) is 10.2. The molecule has 11 atom stereocenters. The summed E-state index contributed by atoms with van der Waals surface area (Å²) < 4.78 is 5.80. The summed E-state index contributed by atoms with van der Waals surface area (Å²) in [5, 5.41) is 23.2. The van der Waals surface area contributed by atoms with E-state index in [0.717, 1.165) is 37.7 Å². The highest BCUT2D eigenvalue weighted by Crippen LogP contribution is 2.67. The van der Waals surface area contributed by atoms with Crippen molar-refractivity contribution in [1.82, 2.24) is 0 Å². The van der Waals surface area contributed by atoms with Crippen molar-refractivity contribution in [3.63, 3.8) is 0 Å². The van der Waals surface area contributed by atoms with E-state index in [1.165, 1.54) is 0 Å². The lowest BCUT2D eigenvalue weighted by Crippen LogP contribution is -2.60. The summed E-state index contributed by atoms with van der Waals surface area (Å²) in [4.78, 5) is 25.6. The van der Waals surface area contributed by atoms with E-state index in [0.29, 0.717) is 6.42 Å². The largest absolute Gasteiger partial charge is 0.459 e. The normalized spacial score (nSPS) is 51.1. The van der Waals surface area contributed by atoms with Crippen LogP contribution >= 0.6 is 0 Å². The second-order valence-corrected chi connectivity index (χ2v) is 12.5. The van der Waals surface area contributed by atoms with E-state index in [-0.39, 0.29) is 52.7 Å². The smallest absolute Gasteiger partial charge is 0.309 e. The van der Waals surface area contributed by atoms with Crippen LogP contribution in [-0.2, 0) is 14.3 Å². The van der Waals surface area contributed by atoms with Crippen LogP contribution in [0.5, 0.6) is 0 Å². The van der Waals surface area contributed by atoms with Crippen LogP contribution in [0.15, 0.2) is 23.8 Å². The highest BCUT2D eigenvalue weighted by molar-refractivity contribution is 5.98. The minimum absolute atomic E-state index is 0.0123. The van der Waals surface area contributed by atoms with E-state index >= 15 is 0 Å². The Balaban J connectivity index is 1.46. The predicted molar refractivity (Wildman–Crippen MR) is 125 cm³/mol. The van der Waals surface area contributed by atoms with Crippen molar-refractivity contribution in [2.75, 3.05) is 0 Å². The molecule has 5 nitrogen and oxygen atoms in total. The molecule has 3 fully saturated rings. The van der Waals surface area contributed by atoms with Gasteiger partial charge in [0.2, 0.25) is 0 Å². The number of hydrogen-bond donors (Lipinski definition) is 2. The fourth-order valence-corrected chi connectivity index (χ4v) is 8.77. The molecule has 0 aromatic rings. The minimum Gasteiger partial charge on any atom is -0.459 e. The zero-order valence-electron chi connectivity index (χ0n) is 20.7. The predicted octanol–water partition coefficient (Wildman–Crippen LogP) is 4.22. The number of aliphatic hydroxyl groups excluding tert-OH is 1. The second-order valence-electron chi connectivity index (χ2n) is 12.5. The highest BCUT2D eigenvalue weighted by Gasteiger charge is 2.65. The Bertz CT molecular complexity index is 917.